The lowest BCUT2D eigenvalue weighted by molar-refractivity contribution is -0.144. The summed E-state index contributed by atoms with van der Waals surface area (Å²) in [7, 11) is 0. The number of hydrogen-bond acceptors (Lipinski definition) is 4. The Kier molecular flexibility index (Phi) is 0.980. The molecule has 1 heterocycles. The molecule has 1 rings (SSSR count). The lowest BCUT2D eigenvalue weighted by Crippen LogP contribution is -2.20. The molecule has 0 radical (unpaired) electrons. The molecule has 0 spiro atoms. The van der Waals surface area contributed by atoms with E-state index in [0.29, 0.717) is 0 Å². The van der Waals surface area contributed by atoms with Gasteiger partial charge in [0.1, 0.15) is 0 Å². The summed E-state index contributed by atoms with van der Waals surface area (Å²) in [6, 6.07) is 0. The van der Waals surface area contributed by atoms with Gasteiger partial charge in [0.15, 0.2) is 0 Å². The quantitative estimate of drug-likeness (QED) is 0.259. The van der Waals surface area contributed by atoms with Crippen LogP contribution in [0.5, 0.6) is 0 Å². The summed E-state index contributed by atoms with van der Waals surface area (Å²) in [6.45, 7) is 0. The Morgan fingerprint density at radius 2 is 2.12 bits per heavy atom. The van der Waals surface area contributed by atoms with Crippen LogP contribution in [0.3, 0.4) is 0 Å². The van der Waals surface area contributed by atoms with Crippen molar-refractivity contribution in [3.05, 3.63) is 0 Å². The van der Waals surface area contributed by atoms with E-state index in [1.807, 2.05) is 5.32 Å². The zero-order valence-electron chi connectivity index (χ0n) is 3.63. The molecule has 0 aromatic heterocycles. The Bertz CT molecular complexity index is 157. The topological polar surface area (TPSA) is 55.4 Å². The van der Waals surface area contributed by atoms with Gasteiger partial charge < -0.3 is 4.74 Å². The maximum absolute atomic E-state index is 10.1. The minimum absolute atomic E-state index is 0.167. The summed E-state index contributed by atoms with van der Waals surface area (Å²) in [5.41, 5.74) is 0. The number of hydrogen-bond donors (Lipinski definition) is 1. The standard InChI is InChI=1S/C3HNO3S/c5-1-2(6)7-3(8)4-1/h(H,4,5,8). The monoisotopic (exact) mass is 131 g/mol. The molecule has 0 aliphatic carbocycles. The Morgan fingerprint density at radius 1 is 1.50 bits per heavy atom. The summed E-state index contributed by atoms with van der Waals surface area (Å²) in [6.07, 6.45) is 0. The minimum atomic E-state index is -0.935. The molecule has 0 atom stereocenters. The van der Waals surface area contributed by atoms with Crippen molar-refractivity contribution in [1.29, 1.82) is 0 Å². The van der Waals surface area contributed by atoms with Crippen LogP contribution in [0.4, 0.5) is 0 Å². The van der Waals surface area contributed by atoms with Crippen LogP contribution < -0.4 is 5.32 Å². The third-order valence-corrected chi connectivity index (χ3v) is 0.772. The van der Waals surface area contributed by atoms with E-state index in [2.05, 4.69) is 17.0 Å². The molecule has 0 aromatic rings. The lowest BCUT2D eigenvalue weighted by Gasteiger charge is -1.80. The van der Waals surface area contributed by atoms with Gasteiger partial charge >= 0.3 is 11.9 Å². The van der Waals surface area contributed by atoms with Gasteiger partial charge in [-0.05, 0) is 12.2 Å². The van der Waals surface area contributed by atoms with Crippen LogP contribution in [-0.4, -0.2) is 17.1 Å². The third-order valence-electron chi connectivity index (χ3n) is 0.586. The first-order valence-corrected chi connectivity index (χ1v) is 2.18. The highest BCUT2D eigenvalue weighted by Gasteiger charge is 2.26. The fourth-order valence-corrected chi connectivity index (χ4v) is 0.468. The number of esters is 1. The SMILES string of the molecule is O=C1NC(=S)OC1=O. The van der Waals surface area contributed by atoms with Crippen LogP contribution >= 0.6 is 12.2 Å². The molecule has 8 heavy (non-hydrogen) atoms. The van der Waals surface area contributed by atoms with Crippen molar-refractivity contribution < 1.29 is 14.3 Å². The van der Waals surface area contributed by atoms with Crippen LogP contribution in [0.1, 0.15) is 0 Å². The Labute approximate surface area is 49.8 Å². The normalized spacial score (nSPS) is 18.2. The van der Waals surface area contributed by atoms with E-state index in [1.54, 1.807) is 0 Å². The number of ether oxygens (including phenoxy) is 1. The van der Waals surface area contributed by atoms with Gasteiger partial charge in [0.2, 0.25) is 0 Å². The Morgan fingerprint density at radius 3 is 2.25 bits per heavy atom. The first kappa shape index (κ1) is 5.17. The molecule has 1 fully saturated rings. The van der Waals surface area contributed by atoms with Crippen molar-refractivity contribution in [1.82, 2.24) is 5.32 Å². The Balaban J connectivity index is 2.79. The van der Waals surface area contributed by atoms with E-state index >= 15 is 0 Å². The number of rotatable bonds is 0. The highest BCUT2D eigenvalue weighted by Crippen LogP contribution is 1.89. The van der Waals surface area contributed by atoms with Crippen molar-refractivity contribution in [2.24, 2.45) is 0 Å². The van der Waals surface area contributed by atoms with Gasteiger partial charge in [-0.25, -0.2) is 4.79 Å². The number of nitrogens with one attached hydrogen (secondary N) is 1. The van der Waals surface area contributed by atoms with Gasteiger partial charge in [-0.15, -0.1) is 0 Å². The number of cyclic esters (lactones) is 1. The van der Waals surface area contributed by atoms with Crippen LogP contribution in [-0.2, 0) is 14.3 Å². The van der Waals surface area contributed by atoms with E-state index in [-0.39, 0.29) is 5.17 Å². The molecule has 4 nitrogen and oxygen atoms in total. The van der Waals surface area contributed by atoms with Gasteiger partial charge in [-0.2, -0.15) is 0 Å². The van der Waals surface area contributed by atoms with E-state index in [0.717, 1.165) is 0 Å². The van der Waals surface area contributed by atoms with Crippen LogP contribution in [0.25, 0.3) is 0 Å². The largest absolute Gasteiger partial charge is 0.404 e. The fraction of sp³-hybridized carbons (Fsp3) is 0. The second kappa shape index (κ2) is 1.52. The summed E-state index contributed by atoms with van der Waals surface area (Å²) in [4.78, 5) is 20.2. The highest BCUT2D eigenvalue weighted by atomic mass is 32.1. The summed E-state index contributed by atoms with van der Waals surface area (Å²) in [5, 5.41) is 1.82. The maximum atomic E-state index is 10.1. The Hall–Kier alpha value is -0.970. The van der Waals surface area contributed by atoms with E-state index in [9.17, 15) is 9.59 Å². The first-order chi connectivity index (χ1) is 3.70. The highest BCUT2D eigenvalue weighted by molar-refractivity contribution is 7.80. The smallest absolute Gasteiger partial charge is 0.392 e. The van der Waals surface area contributed by atoms with Crippen LogP contribution in [0, 0.1) is 0 Å². The molecule has 0 aromatic carbocycles. The van der Waals surface area contributed by atoms with Gasteiger partial charge in [-0.1, -0.05) is 0 Å². The molecule has 0 unspecified atom stereocenters. The number of carbonyl (C=O) groups excluding carboxylic acids is 2. The second-order valence-corrected chi connectivity index (χ2v) is 1.50. The van der Waals surface area contributed by atoms with Gasteiger partial charge in [0.05, 0.1) is 0 Å². The van der Waals surface area contributed by atoms with Crippen molar-refractivity contribution in [3.8, 4) is 0 Å². The molecule has 1 aliphatic rings. The zero-order chi connectivity index (χ0) is 6.15. The molecular weight excluding hydrogens is 130 g/mol. The van der Waals surface area contributed by atoms with Crippen molar-refractivity contribution >= 4 is 29.3 Å². The lowest BCUT2D eigenvalue weighted by atomic mass is 10.7. The van der Waals surface area contributed by atoms with Gasteiger partial charge in [0, 0.05) is 0 Å². The summed E-state index contributed by atoms with van der Waals surface area (Å²) >= 11 is 4.30. The third kappa shape index (κ3) is 0.671. The second-order valence-electron chi connectivity index (χ2n) is 1.13. The number of thiocarbonyl (C=S) groups is 1. The fourth-order valence-electron chi connectivity index (χ4n) is 0.300. The molecule has 0 bridgehead atoms. The van der Waals surface area contributed by atoms with E-state index in [1.165, 1.54) is 0 Å². The molecule has 42 valence electrons. The summed E-state index contributed by atoms with van der Waals surface area (Å²) < 4.78 is 4.11. The number of carbonyl (C=O) groups is 2. The number of amides is 1. The van der Waals surface area contributed by atoms with Crippen LogP contribution in [0.15, 0.2) is 0 Å². The zero-order valence-corrected chi connectivity index (χ0v) is 4.45. The van der Waals surface area contributed by atoms with Gasteiger partial charge in [-0.3, -0.25) is 10.1 Å². The first-order valence-electron chi connectivity index (χ1n) is 1.77. The maximum Gasteiger partial charge on any atom is 0.404 e. The molecule has 5 heteroatoms. The van der Waals surface area contributed by atoms with E-state index in [4.69, 9.17) is 0 Å². The van der Waals surface area contributed by atoms with Gasteiger partial charge in [0.25, 0.3) is 5.17 Å². The minimum Gasteiger partial charge on any atom is -0.392 e. The molecule has 0 saturated carbocycles. The molecule has 1 N–H and O–H groups in total. The van der Waals surface area contributed by atoms with Crippen molar-refractivity contribution in [3.63, 3.8) is 0 Å². The average Bonchev–Trinajstić information content (AvgIpc) is 1.85. The molecule has 1 saturated heterocycles. The summed E-state index contributed by atoms with van der Waals surface area (Å²) in [5.74, 6) is -1.73. The van der Waals surface area contributed by atoms with Crippen molar-refractivity contribution in [2.45, 2.75) is 0 Å². The molecular formula is C3HNO3S. The molecule has 1 aliphatic heterocycles. The average molecular weight is 131 g/mol. The van der Waals surface area contributed by atoms with Crippen molar-refractivity contribution in [2.75, 3.05) is 0 Å². The molecule has 1 amide bonds. The van der Waals surface area contributed by atoms with Crippen LogP contribution in [0.2, 0.25) is 0 Å². The predicted molar refractivity (Wildman–Crippen MR) is 26.8 cm³/mol. The predicted octanol–water partition coefficient (Wildman–Crippen LogP) is -1.06. The van der Waals surface area contributed by atoms with E-state index < -0.39 is 11.9 Å².